The van der Waals surface area contributed by atoms with Crippen LogP contribution in [0.3, 0.4) is 0 Å². The van der Waals surface area contributed by atoms with E-state index in [-0.39, 0.29) is 0 Å². The Balaban J connectivity index is 2.69. The van der Waals surface area contributed by atoms with E-state index >= 15 is 0 Å². The molecule has 0 aromatic rings. The lowest BCUT2D eigenvalue weighted by atomic mass is 11.1. The summed E-state index contributed by atoms with van der Waals surface area (Å²) in [4.78, 5) is 3.70. The topological polar surface area (TPSA) is 70.5 Å². The van der Waals surface area contributed by atoms with Gasteiger partial charge in [0.2, 0.25) is 0 Å². The van der Waals surface area contributed by atoms with Crippen LogP contribution in [0.2, 0.25) is 0 Å². The third-order valence-corrected chi connectivity index (χ3v) is 0.638. The molecule has 0 spiro atoms. The van der Waals surface area contributed by atoms with Crippen LogP contribution in [0.1, 0.15) is 0 Å². The summed E-state index contributed by atoms with van der Waals surface area (Å²) in [7, 11) is 0. The van der Waals surface area contributed by atoms with Crippen LogP contribution in [0.4, 0.5) is 0 Å². The molecule has 0 heterocycles. The molecule has 4 nitrogen and oxygen atoms in total. The molecule has 0 aliphatic heterocycles. The standard InChI is InChI=1S/C2H6N2O2S/c3-1-2-7-6-5-4/h1-2H,3-4H2/b2-1-. The first-order chi connectivity index (χ1) is 3.41. The lowest BCUT2D eigenvalue weighted by Crippen LogP contribution is -1.92. The highest BCUT2D eigenvalue weighted by Crippen LogP contribution is 1.99. The minimum Gasteiger partial charge on any atom is -0.404 e. The van der Waals surface area contributed by atoms with Crippen molar-refractivity contribution >= 4 is 12.0 Å². The third kappa shape index (κ3) is 5.77. The minimum atomic E-state index is 0.900. The average Bonchev–Trinajstić information content (AvgIpc) is 1.69. The lowest BCUT2D eigenvalue weighted by molar-refractivity contribution is -0.194. The van der Waals surface area contributed by atoms with Crippen molar-refractivity contribution in [1.29, 1.82) is 0 Å². The second kappa shape index (κ2) is 5.77. The van der Waals surface area contributed by atoms with Gasteiger partial charge in [-0.05, 0) is 0 Å². The largest absolute Gasteiger partial charge is 0.404 e. The van der Waals surface area contributed by atoms with Gasteiger partial charge in [-0.2, -0.15) is 5.90 Å². The lowest BCUT2D eigenvalue weighted by Gasteiger charge is -1.85. The van der Waals surface area contributed by atoms with Gasteiger partial charge >= 0.3 is 0 Å². The Morgan fingerprint density at radius 3 is 2.71 bits per heavy atom. The van der Waals surface area contributed by atoms with E-state index in [9.17, 15) is 0 Å². The van der Waals surface area contributed by atoms with E-state index in [0.29, 0.717) is 0 Å². The van der Waals surface area contributed by atoms with Gasteiger partial charge in [0, 0.05) is 11.6 Å². The van der Waals surface area contributed by atoms with Crippen molar-refractivity contribution in [2.75, 3.05) is 0 Å². The molecule has 5 heteroatoms. The summed E-state index contributed by atoms with van der Waals surface area (Å²) in [6.07, 6.45) is 1.31. The van der Waals surface area contributed by atoms with Gasteiger partial charge in [0.05, 0.1) is 12.0 Å². The monoisotopic (exact) mass is 122 g/mol. The van der Waals surface area contributed by atoms with Gasteiger partial charge < -0.3 is 5.73 Å². The maximum atomic E-state index is 4.89. The van der Waals surface area contributed by atoms with Gasteiger partial charge in [0.15, 0.2) is 0 Å². The van der Waals surface area contributed by atoms with Crippen molar-refractivity contribution in [3.05, 3.63) is 11.6 Å². The first-order valence-electron chi connectivity index (χ1n) is 1.47. The Kier molecular flexibility index (Phi) is 5.58. The average molecular weight is 122 g/mol. The molecule has 0 aromatic carbocycles. The Morgan fingerprint density at radius 2 is 2.29 bits per heavy atom. The predicted octanol–water partition coefficient (Wildman–Crippen LogP) is -0.114. The Labute approximate surface area is 45.5 Å². The number of rotatable bonds is 3. The molecule has 0 aliphatic rings. The van der Waals surface area contributed by atoms with E-state index in [1.807, 2.05) is 0 Å². The van der Waals surface area contributed by atoms with Gasteiger partial charge in [0.1, 0.15) is 0 Å². The molecule has 0 aliphatic carbocycles. The van der Waals surface area contributed by atoms with E-state index in [1.54, 1.807) is 0 Å². The summed E-state index contributed by atoms with van der Waals surface area (Å²) in [5.74, 6) is 4.45. The summed E-state index contributed by atoms with van der Waals surface area (Å²) >= 11 is 0.900. The van der Waals surface area contributed by atoms with Gasteiger partial charge in [-0.15, -0.1) is 9.32 Å². The van der Waals surface area contributed by atoms with Gasteiger partial charge in [0.25, 0.3) is 0 Å². The first-order valence-corrected chi connectivity index (χ1v) is 2.28. The SMILES string of the molecule is N/C=C\SOON. The zero-order valence-electron chi connectivity index (χ0n) is 3.53. The second-order valence-electron chi connectivity index (χ2n) is 0.589. The molecule has 0 fully saturated rings. The van der Waals surface area contributed by atoms with Crippen LogP contribution in [0.15, 0.2) is 11.6 Å². The van der Waals surface area contributed by atoms with Gasteiger partial charge in [-0.25, -0.2) is 0 Å². The molecule has 7 heavy (non-hydrogen) atoms. The van der Waals surface area contributed by atoms with E-state index < -0.39 is 0 Å². The summed E-state index contributed by atoms with van der Waals surface area (Å²) in [6.45, 7) is 0. The van der Waals surface area contributed by atoms with Crippen LogP contribution in [-0.4, -0.2) is 0 Å². The fourth-order valence-electron chi connectivity index (χ4n) is 0.0774. The van der Waals surface area contributed by atoms with Crippen molar-refractivity contribution in [1.82, 2.24) is 0 Å². The third-order valence-electron chi connectivity index (χ3n) is 0.213. The Morgan fingerprint density at radius 1 is 1.57 bits per heavy atom. The van der Waals surface area contributed by atoms with Crippen LogP contribution < -0.4 is 11.6 Å². The highest BCUT2D eigenvalue weighted by atomic mass is 32.2. The number of nitrogens with two attached hydrogens (primary N) is 2. The zero-order chi connectivity index (χ0) is 5.54. The molecule has 0 rings (SSSR count). The molecule has 0 aromatic heterocycles. The van der Waals surface area contributed by atoms with Crippen molar-refractivity contribution < 1.29 is 9.32 Å². The zero-order valence-corrected chi connectivity index (χ0v) is 4.35. The normalized spacial score (nSPS) is 10.4. The predicted molar refractivity (Wildman–Crippen MR) is 27.3 cm³/mol. The first kappa shape index (κ1) is 6.77. The molecular formula is C2H6N2O2S. The summed E-state index contributed by atoms with van der Waals surface area (Å²) < 4.78 is 4.10. The number of hydrogen-bond acceptors (Lipinski definition) is 5. The van der Waals surface area contributed by atoms with E-state index in [4.69, 9.17) is 5.73 Å². The van der Waals surface area contributed by atoms with Gasteiger partial charge in [-0.1, -0.05) is 0 Å². The Bertz CT molecular complexity index is 57.7. The van der Waals surface area contributed by atoms with Crippen molar-refractivity contribution in [2.24, 2.45) is 11.6 Å². The van der Waals surface area contributed by atoms with Crippen LogP contribution in [0, 0.1) is 0 Å². The summed E-state index contributed by atoms with van der Waals surface area (Å²) in [5, 5.41) is 1.48. The molecule has 0 bridgehead atoms. The van der Waals surface area contributed by atoms with Crippen LogP contribution in [0.25, 0.3) is 0 Å². The summed E-state index contributed by atoms with van der Waals surface area (Å²) in [6, 6.07) is 0. The molecule has 0 saturated carbocycles. The molecule has 42 valence electrons. The maximum absolute atomic E-state index is 4.89. The van der Waals surface area contributed by atoms with Gasteiger partial charge in [-0.3, -0.25) is 0 Å². The quantitative estimate of drug-likeness (QED) is 0.236. The molecule has 0 saturated heterocycles. The van der Waals surface area contributed by atoms with E-state index in [0.717, 1.165) is 12.0 Å². The second-order valence-corrected chi connectivity index (χ2v) is 1.19. The molecule has 0 atom stereocenters. The molecule has 4 N–H and O–H groups in total. The number of hydrogen-bond donors (Lipinski definition) is 2. The Hall–Kier alpha value is -0.230. The smallest absolute Gasteiger partial charge is 0.0637 e. The van der Waals surface area contributed by atoms with Crippen LogP contribution in [0.5, 0.6) is 0 Å². The van der Waals surface area contributed by atoms with Crippen molar-refractivity contribution in [3.63, 3.8) is 0 Å². The van der Waals surface area contributed by atoms with Crippen LogP contribution in [-0.2, 0) is 9.32 Å². The van der Waals surface area contributed by atoms with E-state index in [2.05, 4.69) is 15.2 Å². The maximum Gasteiger partial charge on any atom is 0.0637 e. The fraction of sp³-hybridized carbons (Fsp3) is 0. The molecule has 0 radical (unpaired) electrons. The van der Waals surface area contributed by atoms with Crippen LogP contribution >= 0.6 is 12.0 Å². The minimum absolute atomic E-state index is 0.900. The van der Waals surface area contributed by atoms with Crippen molar-refractivity contribution in [2.45, 2.75) is 0 Å². The summed E-state index contributed by atoms with van der Waals surface area (Å²) in [5.41, 5.74) is 4.89. The van der Waals surface area contributed by atoms with E-state index in [1.165, 1.54) is 11.6 Å². The van der Waals surface area contributed by atoms with Crippen molar-refractivity contribution in [3.8, 4) is 0 Å². The molecule has 0 unspecified atom stereocenters. The fourth-order valence-corrected chi connectivity index (χ4v) is 0.232. The molecule has 0 amide bonds. The highest BCUT2D eigenvalue weighted by Gasteiger charge is 1.73. The molecular weight excluding hydrogens is 116 g/mol. The highest BCUT2D eigenvalue weighted by molar-refractivity contribution is 7.97.